The molecule has 4 nitrogen and oxygen atoms in total. The first-order chi connectivity index (χ1) is 8.82. The average molecular weight is 268 g/mol. The van der Waals surface area contributed by atoms with Crippen LogP contribution in [0.1, 0.15) is 46.5 Å². The third-order valence-electron chi connectivity index (χ3n) is 3.78. The highest BCUT2D eigenvalue weighted by molar-refractivity contribution is 5.72. The Morgan fingerprint density at radius 2 is 1.95 bits per heavy atom. The number of hydrogen-bond donors (Lipinski definition) is 1. The smallest absolute Gasteiger partial charge is 0.320 e. The van der Waals surface area contributed by atoms with Crippen molar-refractivity contribution in [3.63, 3.8) is 0 Å². The van der Waals surface area contributed by atoms with E-state index in [0.717, 1.165) is 25.4 Å². The molecular weight excluding hydrogens is 240 g/mol. The van der Waals surface area contributed by atoms with Gasteiger partial charge in [0, 0.05) is 19.1 Å². The molecule has 1 saturated heterocycles. The summed E-state index contributed by atoms with van der Waals surface area (Å²) in [7, 11) is 0. The zero-order valence-corrected chi connectivity index (χ0v) is 12.5. The van der Waals surface area contributed by atoms with Crippen LogP contribution in [-0.4, -0.2) is 42.1 Å². The monoisotopic (exact) mass is 268 g/mol. The molecule has 2 N–H and O–H groups in total. The van der Waals surface area contributed by atoms with Crippen LogP contribution in [0.5, 0.6) is 0 Å². The van der Waals surface area contributed by atoms with Crippen molar-refractivity contribution in [2.24, 2.45) is 17.6 Å². The minimum absolute atomic E-state index is 0.133. The lowest BCUT2D eigenvalue weighted by Gasteiger charge is -2.36. The molecular formula is C15H28N2O2. The van der Waals surface area contributed by atoms with Crippen molar-refractivity contribution in [1.82, 2.24) is 4.90 Å². The van der Waals surface area contributed by atoms with Crippen LogP contribution >= 0.6 is 0 Å². The number of ether oxygens (including phenoxy) is 1. The van der Waals surface area contributed by atoms with Gasteiger partial charge in [0.2, 0.25) is 0 Å². The summed E-state index contributed by atoms with van der Waals surface area (Å²) in [6.07, 6.45) is 5.18. The molecule has 0 spiro atoms. The molecule has 0 aromatic heterocycles. The number of nitrogens with zero attached hydrogens (tertiary/aromatic N) is 1. The van der Waals surface area contributed by atoms with Gasteiger partial charge in [0.25, 0.3) is 0 Å². The predicted molar refractivity (Wildman–Crippen MR) is 75.7 cm³/mol. The normalized spacial score (nSPS) is 29.3. The minimum atomic E-state index is -0.400. The molecule has 1 aliphatic carbocycles. The summed E-state index contributed by atoms with van der Waals surface area (Å²) < 4.78 is 5.38. The first-order valence-electron chi connectivity index (χ1n) is 7.51. The minimum Gasteiger partial charge on any atom is -0.459 e. The molecule has 2 unspecified atom stereocenters. The van der Waals surface area contributed by atoms with Gasteiger partial charge in [-0.1, -0.05) is 12.8 Å². The summed E-state index contributed by atoms with van der Waals surface area (Å²) in [5, 5.41) is 0. The summed E-state index contributed by atoms with van der Waals surface area (Å²) in [5.74, 6) is 1.46. The Labute approximate surface area is 116 Å². The zero-order chi connectivity index (χ0) is 14.0. The van der Waals surface area contributed by atoms with E-state index in [-0.39, 0.29) is 12.0 Å². The Morgan fingerprint density at radius 3 is 2.53 bits per heavy atom. The molecule has 19 heavy (non-hydrogen) atoms. The van der Waals surface area contributed by atoms with Crippen molar-refractivity contribution >= 4 is 5.97 Å². The maximum atomic E-state index is 11.9. The van der Waals surface area contributed by atoms with E-state index >= 15 is 0 Å². The van der Waals surface area contributed by atoms with Gasteiger partial charge in [-0.15, -0.1) is 0 Å². The summed E-state index contributed by atoms with van der Waals surface area (Å²) in [6.45, 7) is 7.92. The molecule has 2 atom stereocenters. The van der Waals surface area contributed by atoms with Gasteiger partial charge >= 0.3 is 5.97 Å². The van der Waals surface area contributed by atoms with E-state index in [0.29, 0.717) is 12.5 Å². The second kappa shape index (κ2) is 5.80. The number of nitrogens with two attached hydrogens (primary N) is 1. The summed E-state index contributed by atoms with van der Waals surface area (Å²) >= 11 is 0. The van der Waals surface area contributed by atoms with Crippen LogP contribution in [-0.2, 0) is 9.53 Å². The SMILES string of the molecule is CC(C)(C)OC(=O)CN1CC(N)CC(CC2CC2)C1. The van der Waals surface area contributed by atoms with Crippen LogP contribution in [0.4, 0.5) is 0 Å². The number of carbonyl (C=O) groups excluding carboxylic acids is 1. The number of hydrogen-bond acceptors (Lipinski definition) is 4. The highest BCUT2D eigenvalue weighted by atomic mass is 16.6. The maximum Gasteiger partial charge on any atom is 0.320 e. The van der Waals surface area contributed by atoms with Crippen molar-refractivity contribution in [3.05, 3.63) is 0 Å². The molecule has 4 heteroatoms. The molecule has 110 valence electrons. The molecule has 2 rings (SSSR count). The van der Waals surface area contributed by atoms with E-state index in [1.807, 2.05) is 20.8 Å². The first kappa shape index (κ1) is 14.8. The quantitative estimate of drug-likeness (QED) is 0.790. The van der Waals surface area contributed by atoms with Crippen molar-refractivity contribution in [1.29, 1.82) is 0 Å². The number of esters is 1. The lowest BCUT2D eigenvalue weighted by molar-refractivity contribution is -0.156. The fourth-order valence-corrected chi connectivity index (χ4v) is 3.03. The standard InChI is InChI=1S/C15H28N2O2/c1-15(2,3)19-14(18)10-17-8-12(6-11-4-5-11)7-13(16)9-17/h11-13H,4-10,16H2,1-3H3. The Hall–Kier alpha value is -0.610. The predicted octanol–water partition coefficient (Wildman–Crippen LogP) is 1.78. The molecule has 0 amide bonds. The van der Waals surface area contributed by atoms with Crippen LogP contribution in [0, 0.1) is 11.8 Å². The first-order valence-corrected chi connectivity index (χ1v) is 7.51. The van der Waals surface area contributed by atoms with E-state index in [4.69, 9.17) is 10.5 Å². The third-order valence-corrected chi connectivity index (χ3v) is 3.78. The van der Waals surface area contributed by atoms with Gasteiger partial charge in [-0.2, -0.15) is 0 Å². The van der Waals surface area contributed by atoms with Gasteiger partial charge in [-0.25, -0.2) is 0 Å². The Morgan fingerprint density at radius 1 is 1.26 bits per heavy atom. The lowest BCUT2D eigenvalue weighted by Crippen LogP contribution is -2.49. The van der Waals surface area contributed by atoms with Crippen LogP contribution in [0.15, 0.2) is 0 Å². The third kappa shape index (κ3) is 5.49. The summed E-state index contributed by atoms with van der Waals surface area (Å²) in [4.78, 5) is 14.0. The molecule has 0 radical (unpaired) electrons. The second-order valence-electron chi connectivity index (χ2n) is 7.32. The van der Waals surface area contributed by atoms with Crippen molar-refractivity contribution in [2.45, 2.75) is 58.1 Å². The highest BCUT2D eigenvalue weighted by Crippen LogP contribution is 2.37. The lowest BCUT2D eigenvalue weighted by atomic mass is 9.90. The second-order valence-corrected chi connectivity index (χ2v) is 7.32. The van der Waals surface area contributed by atoms with Gasteiger partial charge in [0.05, 0.1) is 6.54 Å². The Balaban J connectivity index is 1.79. The van der Waals surface area contributed by atoms with Gasteiger partial charge < -0.3 is 10.5 Å². The van der Waals surface area contributed by atoms with Gasteiger partial charge in [-0.05, 0) is 45.4 Å². The van der Waals surface area contributed by atoms with Gasteiger partial charge in [-0.3, -0.25) is 9.69 Å². The van der Waals surface area contributed by atoms with Crippen LogP contribution in [0.2, 0.25) is 0 Å². The largest absolute Gasteiger partial charge is 0.459 e. The van der Waals surface area contributed by atoms with E-state index < -0.39 is 5.60 Å². The molecule has 2 fully saturated rings. The Bertz CT molecular complexity index is 319. The molecule has 1 heterocycles. The number of piperidine rings is 1. The van der Waals surface area contributed by atoms with Gasteiger partial charge in [0.15, 0.2) is 0 Å². The number of likely N-dealkylation sites (tertiary alicyclic amines) is 1. The van der Waals surface area contributed by atoms with E-state index in [1.165, 1.54) is 19.3 Å². The maximum absolute atomic E-state index is 11.9. The van der Waals surface area contributed by atoms with Crippen molar-refractivity contribution in [2.75, 3.05) is 19.6 Å². The van der Waals surface area contributed by atoms with Crippen LogP contribution in [0.25, 0.3) is 0 Å². The number of carbonyl (C=O) groups is 1. The summed E-state index contributed by atoms with van der Waals surface area (Å²) in [5.41, 5.74) is 5.72. The van der Waals surface area contributed by atoms with E-state index in [2.05, 4.69) is 4.90 Å². The van der Waals surface area contributed by atoms with Crippen molar-refractivity contribution in [3.8, 4) is 0 Å². The highest BCUT2D eigenvalue weighted by Gasteiger charge is 2.32. The number of rotatable bonds is 4. The molecule has 0 aromatic rings. The van der Waals surface area contributed by atoms with Crippen LogP contribution < -0.4 is 5.73 Å². The van der Waals surface area contributed by atoms with E-state index in [9.17, 15) is 4.79 Å². The fourth-order valence-electron chi connectivity index (χ4n) is 3.03. The molecule has 0 aromatic carbocycles. The molecule has 1 aliphatic heterocycles. The molecule has 0 bridgehead atoms. The Kier molecular flexibility index (Phi) is 4.51. The topological polar surface area (TPSA) is 55.6 Å². The zero-order valence-electron chi connectivity index (χ0n) is 12.5. The van der Waals surface area contributed by atoms with E-state index in [1.54, 1.807) is 0 Å². The van der Waals surface area contributed by atoms with Crippen LogP contribution in [0.3, 0.4) is 0 Å². The average Bonchev–Trinajstić information content (AvgIpc) is 2.96. The summed E-state index contributed by atoms with van der Waals surface area (Å²) in [6, 6.07) is 0.208. The van der Waals surface area contributed by atoms with Gasteiger partial charge in [0.1, 0.15) is 5.60 Å². The molecule has 1 saturated carbocycles. The molecule has 2 aliphatic rings. The fraction of sp³-hybridized carbons (Fsp3) is 0.933. The van der Waals surface area contributed by atoms with Crippen molar-refractivity contribution < 1.29 is 9.53 Å².